The predicted molar refractivity (Wildman–Crippen MR) is 93.1 cm³/mol. The highest BCUT2D eigenvalue weighted by molar-refractivity contribution is 6.30. The first-order valence-corrected chi connectivity index (χ1v) is 8.53. The van der Waals surface area contributed by atoms with Crippen LogP contribution in [0.25, 0.3) is 11.5 Å². The molecule has 0 saturated carbocycles. The Labute approximate surface area is 162 Å². The van der Waals surface area contributed by atoms with Gasteiger partial charge in [0.05, 0.1) is 28.4 Å². The van der Waals surface area contributed by atoms with Crippen LogP contribution in [-0.4, -0.2) is 43.1 Å². The first kappa shape index (κ1) is 18.4. The Kier molecular flexibility index (Phi) is 4.73. The summed E-state index contributed by atoms with van der Waals surface area (Å²) in [5, 5.41) is 10.6. The fraction of sp³-hybridized carbons (Fsp3) is 0.235. The summed E-state index contributed by atoms with van der Waals surface area (Å²) < 4.78 is 30.2. The molecule has 0 aliphatic carbocycles. The minimum atomic E-state index is -2.87. The monoisotopic (exact) mass is 406 g/mol. The lowest BCUT2D eigenvalue weighted by molar-refractivity contribution is 0.00231. The van der Waals surface area contributed by atoms with Crippen molar-refractivity contribution in [3.05, 3.63) is 58.5 Å². The zero-order chi connectivity index (χ0) is 19.8. The number of carbonyl (C=O) groups excluding carboxylic acids is 1. The van der Waals surface area contributed by atoms with Crippen LogP contribution in [0, 0.1) is 0 Å². The third-order valence-corrected chi connectivity index (χ3v) is 4.40. The van der Waals surface area contributed by atoms with Crippen LogP contribution >= 0.6 is 11.6 Å². The lowest BCUT2D eigenvalue weighted by Crippen LogP contribution is -2.39. The number of hydrogen-bond donors (Lipinski definition) is 0. The molecule has 0 aromatic carbocycles. The van der Waals surface area contributed by atoms with Crippen molar-refractivity contribution < 1.29 is 18.0 Å². The van der Waals surface area contributed by atoms with Gasteiger partial charge >= 0.3 is 6.43 Å². The summed E-state index contributed by atoms with van der Waals surface area (Å²) in [6, 6.07) is 3.29. The van der Waals surface area contributed by atoms with E-state index in [4.69, 9.17) is 16.0 Å². The maximum absolute atomic E-state index is 12.8. The Hall–Kier alpha value is -2.98. The summed E-state index contributed by atoms with van der Waals surface area (Å²) in [4.78, 5) is 21.1. The second kappa shape index (κ2) is 7.21. The van der Waals surface area contributed by atoms with E-state index >= 15 is 0 Å². The highest BCUT2D eigenvalue weighted by Crippen LogP contribution is 2.28. The first-order valence-electron chi connectivity index (χ1n) is 8.15. The predicted octanol–water partition coefficient (Wildman–Crippen LogP) is 3.12. The van der Waals surface area contributed by atoms with Crippen molar-refractivity contribution >= 4 is 17.5 Å². The molecule has 4 heterocycles. The molecule has 0 bridgehead atoms. The van der Waals surface area contributed by atoms with Crippen LogP contribution in [0.4, 0.5) is 8.78 Å². The molecule has 4 rings (SSSR count). The molecule has 0 fully saturated rings. The van der Waals surface area contributed by atoms with Crippen LogP contribution in [0.1, 0.15) is 33.9 Å². The maximum atomic E-state index is 12.8. The van der Waals surface area contributed by atoms with Crippen LogP contribution in [-0.2, 0) is 13.1 Å². The first-order chi connectivity index (χ1) is 13.4. The maximum Gasteiger partial charge on any atom is 0.314 e. The summed E-state index contributed by atoms with van der Waals surface area (Å²) in [6.07, 6.45) is 1.75. The third-order valence-electron chi connectivity index (χ3n) is 4.19. The molecule has 8 nitrogen and oxygen atoms in total. The van der Waals surface area contributed by atoms with E-state index in [-0.39, 0.29) is 18.3 Å². The lowest BCUT2D eigenvalue weighted by Gasteiger charge is -2.27. The van der Waals surface area contributed by atoms with Crippen molar-refractivity contribution in [2.75, 3.05) is 7.05 Å². The number of alkyl halides is 2. The van der Waals surface area contributed by atoms with Crippen LogP contribution in [0.5, 0.6) is 0 Å². The normalized spacial score (nSPS) is 13.6. The molecule has 1 aliphatic heterocycles. The van der Waals surface area contributed by atoms with E-state index in [2.05, 4.69) is 20.2 Å². The van der Waals surface area contributed by atoms with Gasteiger partial charge in [0.15, 0.2) is 0 Å². The smallest absolute Gasteiger partial charge is 0.314 e. The van der Waals surface area contributed by atoms with Gasteiger partial charge in [0.2, 0.25) is 5.89 Å². The molecule has 1 amide bonds. The molecule has 0 N–H and O–H groups in total. The Morgan fingerprint density at radius 1 is 1.29 bits per heavy atom. The van der Waals surface area contributed by atoms with Gasteiger partial charge < -0.3 is 4.42 Å². The van der Waals surface area contributed by atoms with Gasteiger partial charge in [-0.05, 0) is 17.7 Å². The van der Waals surface area contributed by atoms with Gasteiger partial charge in [0.1, 0.15) is 0 Å². The molecule has 0 saturated heterocycles. The molecule has 1 aliphatic rings. The second-order valence-corrected chi connectivity index (χ2v) is 6.59. The molecule has 28 heavy (non-hydrogen) atoms. The molecule has 11 heteroatoms. The van der Waals surface area contributed by atoms with Crippen LogP contribution in [0.15, 0.2) is 35.1 Å². The number of nitrogens with zero attached hydrogens (tertiary/aromatic N) is 6. The van der Waals surface area contributed by atoms with E-state index in [1.54, 1.807) is 24.3 Å². The number of aromatic nitrogens is 4. The zero-order valence-electron chi connectivity index (χ0n) is 14.5. The molecule has 0 radical (unpaired) electrons. The van der Waals surface area contributed by atoms with Gasteiger partial charge in [-0.3, -0.25) is 19.8 Å². The molecule has 0 unspecified atom stereocenters. The van der Waals surface area contributed by atoms with E-state index in [1.807, 2.05) is 0 Å². The SMILES string of the molecule is CN(Cc1cncc(Cl)c1)N1Cc2ncc(-c3nnc(C(F)F)o3)cc2C1=O. The standard InChI is InChI=1S/C17H13ClF2N6O2/c1-25(7-9-2-11(18)6-21-4-9)26-8-13-12(17(26)27)3-10(5-22-13)15-23-24-16(28-15)14(19)20/h2-6,14H,7-8H2,1H3. The highest BCUT2D eigenvalue weighted by Gasteiger charge is 2.32. The van der Waals surface area contributed by atoms with Gasteiger partial charge in [-0.25, -0.2) is 5.01 Å². The molecule has 3 aromatic rings. The molecule has 144 valence electrons. The van der Waals surface area contributed by atoms with Gasteiger partial charge in [0, 0.05) is 32.2 Å². The summed E-state index contributed by atoms with van der Waals surface area (Å²) in [5.74, 6) is -1.16. The quantitative estimate of drug-likeness (QED) is 0.643. The van der Waals surface area contributed by atoms with Crippen LogP contribution < -0.4 is 0 Å². The average Bonchev–Trinajstić information content (AvgIpc) is 3.27. The summed E-state index contributed by atoms with van der Waals surface area (Å²) in [7, 11) is 1.76. The topological polar surface area (TPSA) is 88.2 Å². The Morgan fingerprint density at radius 2 is 2.11 bits per heavy atom. The number of carbonyl (C=O) groups is 1. The molecule has 3 aromatic heterocycles. The average molecular weight is 407 g/mol. The Bertz CT molecular complexity index is 1040. The minimum Gasteiger partial charge on any atom is -0.415 e. The third kappa shape index (κ3) is 3.43. The van der Waals surface area contributed by atoms with Gasteiger partial charge in [-0.15, -0.1) is 10.2 Å². The number of pyridine rings is 2. The number of amides is 1. The molecular weight excluding hydrogens is 394 g/mol. The van der Waals surface area contributed by atoms with Crippen LogP contribution in [0.3, 0.4) is 0 Å². The van der Waals surface area contributed by atoms with Crippen molar-refractivity contribution in [1.82, 2.24) is 30.2 Å². The summed E-state index contributed by atoms with van der Waals surface area (Å²) in [5.41, 5.74) is 2.07. The van der Waals surface area contributed by atoms with E-state index in [0.29, 0.717) is 28.4 Å². The molecule has 0 spiro atoms. The molecule has 0 atom stereocenters. The van der Waals surface area contributed by atoms with E-state index in [0.717, 1.165) is 5.56 Å². The fourth-order valence-corrected chi connectivity index (χ4v) is 3.08. The number of hydrogen-bond acceptors (Lipinski definition) is 7. The number of hydrazine groups is 1. The Balaban J connectivity index is 1.54. The van der Waals surface area contributed by atoms with E-state index < -0.39 is 12.3 Å². The summed E-state index contributed by atoms with van der Waals surface area (Å²) >= 11 is 5.95. The van der Waals surface area contributed by atoms with Gasteiger partial charge in [0.25, 0.3) is 11.8 Å². The van der Waals surface area contributed by atoms with Gasteiger partial charge in [-0.2, -0.15) is 8.78 Å². The van der Waals surface area contributed by atoms with E-state index in [1.165, 1.54) is 23.5 Å². The van der Waals surface area contributed by atoms with Crippen molar-refractivity contribution in [3.8, 4) is 11.5 Å². The van der Waals surface area contributed by atoms with Crippen molar-refractivity contribution in [3.63, 3.8) is 0 Å². The fourth-order valence-electron chi connectivity index (χ4n) is 2.88. The van der Waals surface area contributed by atoms with Crippen molar-refractivity contribution in [1.29, 1.82) is 0 Å². The highest BCUT2D eigenvalue weighted by atomic mass is 35.5. The largest absolute Gasteiger partial charge is 0.415 e. The van der Waals surface area contributed by atoms with E-state index in [9.17, 15) is 13.6 Å². The van der Waals surface area contributed by atoms with Crippen LogP contribution in [0.2, 0.25) is 5.02 Å². The molecular formula is C17H13ClF2N6O2. The minimum absolute atomic E-state index is 0.116. The number of rotatable bonds is 5. The lowest BCUT2D eigenvalue weighted by atomic mass is 10.1. The van der Waals surface area contributed by atoms with Gasteiger partial charge in [-0.1, -0.05) is 11.6 Å². The number of fused-ring (bicyclic) bond motifs is 1. The number of halogens is 3. The zero-order valence-corrected chi connectivity index (χ0v) is 15.3. The van der Waals surface area contributed by atoms with Crippen molar-refractivity contribution in [2.24, 2.45) is 0 Å². The second-order valence-electron chi connectivity index (χ2n) is 6.15. The summed E-state index contributed by atoms with van der Waals surface area (Å²) in [6.45, 7) is 0.701. The Morgan fingerprint density at radius 3 is 2.82 bits per heavy atom. The van der Waals surface area contributed by atoms with Crippen molar-refractivity contribution in [2.45, 2.75) is 19.5 Å².